The molecular formula is C23H27NO8S. The van der Waals surface area contributed by atoms with Crippen molar-refractivity contribution in [2.45, 2.75) is 11.5 Å². The van der Waals surface area contributed by atoms with Gasteiger partial charge in [0.25, 0.3) is 0 Å². The summed E-state index contributed by atoms with van der Waals surface area (Å²) in [6.07, 6.45) is 2.81. The lowest BCUT2D eigenvalue weighted by Crippen LogP contribution is -2.40. The van der Waals surface area contributed by atoms with Gasteiger partial charge in [-0.1, -0.05) is 12.1 Å². The number of carbonyl (C=O) groups excluding carboxylic acids is 1. The number of rotatable bonds is 9. The molecular weight excluding hydrogens is 450 g/mol. The van der Waals surface area contributed by atoms with Crippen molar-refractivity contribution in [3.8, 4) is 17.2 Å². The number of nitrogens with zero attached hydrogens (tertiary/aromatic N) is 1. The van der Waals surface area contributed by atoms with Crippen LogP contribution in [-0.4, -0.2) is 66.3 Å². The molecule has 1 fully saturated rings. The lowest BCUT2D eigenvalue weighted by molar-refractivity contribution is -0.138. The normalized spacial score (nSPS) is 14.8. The highest BCUT2D eigenvalue weighted by molar-refractivity contribution is 7.89. The van der Waals surface area contributed by atoms with Gasteiger partial charge in [-0.3, -0.25) is 0 Å². The van der Waals surface area contributed by atoms with Crippen molar-refractivity contribution in [1.29, 1.82) is 0 Å². The molecule has 0 atom stereocenters. The van der Waals surface area contributed by atoms with Gasteiger partial charge in [0.1, 0.15) is 12.4 Å². The number of hydrogen-bond acceptors (Lipinski definition) is 8. The summed E-state index contributed by atoms with van der Waals surface area (Å²) in [6.45, 7) is 1.29. The first kappa shape index (κ1) is 24.6. The lowest BCUT2D eigenvalue weighted by atomic mass is 10.1. The first-order valence-electron chi connectivity index (χ1n) is 10.2. The predicted octanol–water partition coefficient (Wildman–Crippen LogP) is 2.49. The predicted molar refractivity (Wildman–Crippen MR) is 121 cm³/mol. The van der Waals surface area contributed by atoms with Gasteiger partial charge in [-0.15, -0.1) is 0 Å². The third kappa shape index (κ3) is 6.04. The lowest BCUT2D eigenvalue weighted by Gasteiger charge is -2.26. The summed E-state index contributed by atoms with van der Waals surface area (Å²) in [5, 5.41) is 0. The Morgan fingerprint density at radius 1 is 1.00 bits per heavy atom. The molecule has 9 nitrogen and oxygen atoms in total. The summed E-state index contributed by atoms with van der Waals surface area (Å²) in [7, 11) is 0.915. The molecule has 2 aromatic rings. The maximum atomic E-state index is 12.8. The number of methoxy groups -OCH3 is 3. The first-order valence-corrected chi connectivity index (χ1v) is 11.6. The fourth-order valence-electron chi connectivity index (χ4n) is 3.28. The Hall–Kier alpha value is -3.08. The van der Waals surface area contributed by atoms with Crippen molar-refractivity contribution in [2.24, 2.45) is 0 Å². The third-order valence-corrected chi connectivity index (χ3v) is 6.92. The van der Waals surface area contributed by atoms with E-state index in [4.69, 9.17) is 23.7 Å². The van der Waals surface area contributed by atoms with E-state index in [1.807, 2.05) is 0 Å². The standard InChI is InChI=1S/C23H27NO8S/c1-28-20-15-22(30-3)21(29-2)14-18(20)7-8-23(25)32-16-17-5-4-6-19(13-17)33(26,27)24-9-11-31-12-10-24/h4-8,13-15H,9-12,16H2,1-3H3/b8-7+. The number of carbonyl (C=O) groups is 1. The number of benzene rings is 2. The van der Waals surface area contributed by atoms with Crippen LogP contribution in [-0.2, 0) is 30.9 Å². The molecule has 0 aromatic heterocycles. The number of morpholine rings is 1. The molecule has 33 heavy (non-hydrogen) atoms. The quantitative estimate of drug-likeness (QED) is 0.401. The summed E-state index contributed by atoms with van der Waals surface area (Å²) in [5.74, 6) is 0.900. The highest BCUT2D eigenvalue weighted by Crippen LogP contribution is 2.35. The Labute approximate surface area is 193 Å². The van der Waals surface area contributed by atoms with E-state index in [0.29, 0.717) is 54.7 Å². The van der Waals surface area contributed by atoms with Gasteiger partial charge in [-0.25, -0.2) is 13.2 Å². The van der Waals surface area contributed by atoms with Crippen molar-refractivity contribution in [3.05, 3.63) is 53.6 Å². The second kappa shape index (κ2) is 11.2. The van der Waals surface area contributed by atoms with Crippen LogP contribution >= 0.6 is 0 Å². The minimum Gasteiger partial charge on any atom is -0.496 e. The molecule has 0 bridgehead atoms. The van der Waals surface area contributed by atoms with Crippen molar-refractivity contribution in [2.75, 3.05) is 47.6 Å². The van der Waals surface area contributed by atoms with Gasteiger partial charge in [0.05, 0.1) is 39.4 Å². The largest absolute Gasteiger partial charge is 0.496 e. The first-order chi connectivity index (χ1) is 15.9. The molecule has 0 radical (unpaired) electrons. The van der Waals surface area contributed by atoms with Gasteiger partial charge in [0.15, 0.2) is 11.5 Å². The maximum Gasteiger partial charge on any atom is 0.331 e. The number of esters is 1. The molecule has 3 rings (SSSR count). The monoisotopic (exact) mass is 477 g/mol. The average Bonchev–Trinajstić information content (AvgIpc) is 2.86. The van der Waals surface area contributed by atoms with Gasteiger partial charge in [0, 0.05) is 30.8 Å². The van der Waals surface area contributed by atoms with Crippen LogP contribution in [0.2, 0.25) is 0 Å². The van der Waals surface area contributed by atoms with Crippen molar-refractivity contribution in [1.82, 2.24) is 4.31 Å². The zero-order valence-corrected chi connectivity index (χ0v) is 19.6. The molecule has 1 saturated heterocycles. The smallest absolute Gasteiger partial charge is 0.331 e. The second-order valence-electron chi connectivity index (χ2n) is 7.05. The van der Waals surface area contributed by atoms with E-state index in [2.05, 4.69) is 0 Å². The number of ether oxygens (including phenoxy) is 5. The van der Waals surface area contributed by atoms with E-state index in [1.165, 1.54) is 43.8 Å². The molecule has 0 unspecified atom stereocenters. The summed E-state index contributed by atoms with van der Waals surface area (Å²) >= 11 is 0. The van der Waals surface area contributed by atoms with E-state index >= 15 is 0 Å². The summed E-state index contributed by atoms with van der Waals surface area (Å²) < 4.78 is 53.4. The van der Waals surface area contributed by atoms with Crippen LogP contribution in [0.1, 0.15) is 11.1 Å². The summed E-state index contributed by atoms with van der Waals surface area (Å²) in [5.41, 5.74) is 1.17. The van der Waals surface area contributed by atoms with Crippen LogP contribution in [0.5, 0.6) is 17.2 Å². The Morgan fingerprint density at radius 2 is 1.67 bits per heavy atom. The fraction of sp³-hybridized carbons (Fsp3) is 0.348. The van der Waals surface area contributed by atoms with Crippen molar-refractivity contribution < 1.29 is 36.9 Å². The molecule has 10 heteroatoms. The minimum absolute atomic E-state index is 0.0707. The minimum atomic E-state index is -3.63. The van der Waals surface area contributed by atoms with Gasteiger partial charge in [0.2, 0.25) is 10.0 Å². The van der Waals surface area contributed by atoms with E-state index in [-0.39, 0.29) is 11.5 Å². The number of sulfonamides is 1. The van der Waals surface area contributed by atoms with Crippen molar-refractivity contribution in [3.63, 3.8) is 0 Å². The Bertz CT molecular complexity index is 1110. The summed E-state index contributed by atoms with van der Waals surface area (Å²) in [4.78, 5) is 12.4. The topological polar surface area (TPSA) is 101 Å². The van der Waals surface area contributed by atoms with E-state index in [9.17, 15) is 13.2 Å². The molecule has 178 valence electrons. The Balaban J connectivity index is 1.67. The van der Waals surface area contributed by atoms with Gasteiger partial charge in [-0.05, 0) is 29.8 Å². The molecule has 2 aromatic carbocycles. The molecule has 1 aliphatic heterocycles. The van der Waals surface area contributed by atoms with Crippen LogP contribution < -0.4 is 14.2 Å². The SMILES string of the molecule is COc1cc(OC)c(OC)cc1/C=C/C(=O)OCc1cccc(S(=O)(=O)N2CCOCC2)c1. The van der Waals surface area contributed by atoms with Gasteiger partial charge in [-0.2, -0.15) is 4.31 Å². The number of hydrogen-bond donors (Lipinski definition) is 0. The fourth-order valence-corrected chi connectivity index (χ4v) is 4.75. The third-order valence-electron chi connectivity index (χ3n) is 5.02. The Morgan fingerprint density at radius 3 is 2.33 bits per heavy atom. The van der Waals surface area contributed by atoms with Crippen LogP contribution in [0.4, 0.5) is 0 Å². The van der Waals surface area contributed by atoms with E-state index in [0.717, 1.165) is 0 Å². The highest BCUT2D eigenvalue weighted by Gasteiger charge is 2.26. The van der Waals surface area contributed by atoms with Crippen molar-refractivity contribution >= 4 is 22.1 Å². The molecule has 0 amide bonds. The molecule has 1 aliphatic rings. The zero-order valence-electron chi connectivity index (χ0n) is 18.8. The van der Waals surface area contributed by atoms with Crippen LogP contribution in [0.25, 0.3) is 6.08 Å². The van der Waals surface area contributed by atoms with Gasteiger partial charge < -0.3 is 23.7 Å². The summed E-state index contributed by atoms with van der Waals surface area (Å²) in [6, 6.07) is 9.71. The van der Waals surface area contributed by atoms with E-state index in [1.54, 1.807) is 30.3 Å². The maximum absolute atomic E-state index is 12.8. The van der Waals surface area contributed by atoms with Crippen LogP contribution in [0, 0.1) is 0 Å². The Kier molecular flexibility index (Phi) is 8.32. The van der Waals surface area contributed by atoms with Gasteiger partial charge >= 0.3 is 5.97 Å². The second-order valence-corrected chi connectivity index (χ2v) is 8.99. The van der Waals surface area contributed by atoms with Crippen LogP contribution in [0.15, 0.2) is 47.4 Å². The van der Waals surface area contributed by atoms with Crippen LogP contribution in [0.3, 0.4) is 0 Å². The zero-order chi connectivity index (χ0) is 23.8. The molecule has 0 spiro atoms. The molecule has 0 saturated carbocycles. The molecule has 0 aliphatic carbocycles. The average molecular weight is 478 g/mol. The molecule has 0 N–H and O–H groups in total. The molecule has 1 heterocycles. The highest BCUT2D eigenvalue weighted by atomic mass is 32.2. The van der Waals surface area contributed by atoms with E-state index < -0.39 is 16.0 Å².